The van der Waals surface area contributed by atoms with Crippen LogP contribution in [0, 0.1) is 0 Å². The maximum Gasteiger partial charge on any atom is 0.339 e. The lowest BCUT2D eigenvalue weighted by Gasteiger charge is -2.30. The molecule has 0 spiro atoms. The molecule has 106 valence electrons. The molecule has 0 aliphatic heterocycles. The third-order valence-electron chi connectivity index (χ3n) is 3.55. The Bertz CT molecular complexity index is 391. The zero-order valence-corrected chi connectivity index (χ0v) is 11.8. The van der Waals surface area contributed by atoms with Crippen molar-refractivity contribution in [2.24, 2.45) is 0 Å². The molecule has 0 saturated heterocycles. The molecule has 0 fully saturated rings. The van der Waals surface area contributed by atoms with E-state index in [1.807, 2.05) is 13.8 Å². The van der Waals surface area contributed by atoms with E-state index in [1.54, 1.807) is 12.1 Å². The SMILES string of the molecule is CCC(CC)(CO)NCc1ccc(C(=O)OC)cn1. The lowest BCUT2D eigenvalue weighted by molar-refractivity contribution is 0.0600. The first-order chi connectivity index (χ1) is 9.10. The number of nitrogens with zero attached hydrogens (tertiary/aromatic N) is 1. The number of methoxy groups -OCH3 is 1. The molecule has 2 N–H and O–H groups in total. The Balaban J connectivity index is 2.66. The van der Waals surface area contributed by atoms with Gasteiger partial charge in [-0.25, -0.2) is 4.79 Å². The molecule has 1 aromatic rings. The number of aliphatic hydroxyl groups excluding tert-OH is 1. The number of esters is 1. The largest absolute Gasteiger partial charge is 0.465 e. The number of rotatable bonds is 7. The van der Waals surface area contributed by atoms with Crippen LogP contribution in [-0.4, -0.2) is 35.3 Å². The number of nitrogens with one attached hydrogen (secondary N) is 1. The molecule has 0 saturated carbocycles. The van der Waals surface area contributed by atoms with Gasteiger partial charge in [0.2, 0.25) is 0 Å². The first kappa shape index (κ1) is 15.6. The molecular formula is C14H22N2O3. The zero-order valence-electron chi connectivity index (χ0n) is 11.8. The van der Waals surface area contributed by atoms with Crippen LogP contribution in [0.25, 0.3) is 0 Å². The average molecular weight is 266 g/mol. The fourth-order valence-corrected chi connectivity index (χ4v) is 1.83. The molecule has 5 nitrogen and oxygen atoms in total. The van der Waals surface area contributed by atoms with E-state index in [0.29, 0.717) is 12.1 Å². The molecule has 19 heavy (non-hydrogen) atoms. The lowest BCUT2D eigenvalue weighted by Crippen LogP contribution is -2.47. The lowest BCUT2D eigenvalue weighted by atomic mass is 9.94. The van der Waals surface area contributed by atoms with E-state index in [-0.39, 0.29) is 18.1 Å². The van der Waals surface area contributed by atoms with Crippen LogP contribution in [0.1, 0.15) is 42.7 Å². The molecule has 0 aliphatic rings. The summed E-state index contributed by atoms with van der Waals surface area (Å²) in [5, 5.41) is 12.8. The molecular weight excluding hydrogens is 244 g/mol. The fraction of sp³-hybridized carbons (Fsp3) is 0.571. The standard InChI is InChI=1S/C14H22N2O3/c1-4-14(5-2,10-17)16-9-12-7-6-11(8-15-12)13(18)19-3/h6-8,16-17H,4-5,9-10H2,1-3H3. The molecule has 5 heteroatoms. The summed E-state index contributed by atoms with van der Waals surface area (Å²) in [5.41, 5.74) is 1.00. The zero-order chi connectivity index (χ0) is 14.3. The summed E-state index contributed by atoms with van der Waals surface area (Å²) in [6, 6.07) is 3.47. The highest BCUT2D eigenvalue weighted by atomic mass is 16.5. The smallest absolute Gasteiger partial charge is 0.339 e. The second-order valence-electron chi connectivity index (χ2n) is 4.53. The van der Waals surface area contributed by atoms with Gasteiger partial charge in [-0.05, 0) is 25.0 Å². The number of carbonyl (C=O) groups is 1. The van der Waals surface area contributed by atoms with Gasteiger partial charge >= 0.3 is 5.97 Å². The first-order valence-electron chi connectivity index (χ1n) is 6.50. The molecule has 0 radical (unpaired) electrons. The highest BCUT2D eigenvalue weighted by Gasteiger charge is 2.24. The predicted octanol–water partition coefficient (Wildman–Crippen LogP) is 1.51. The van der Waals surface area contributed by atoms with Crippen LogP contribution in [0.2, 0.25) is 0 Å². The van der Waals surface area contributed by atoms with Gasteiger partial charge in [0, 0.05) is 18.3 Å². The van der Waals surface area contributed by atoms with E-state index in [4.69, 9.17) is 0 Å². The maximum absolute atomic E-state index is 11.3. The van der Waals surface area contributed by atoms with Crippen LogP contribution >= 0.6 is 0 Å². The highest BCUT2D eigenvalue weighted by Crippen LogP contribution is 2.15. The van der Waals surface area contributed by atoms with Crippen molar-refractivity contribution in [3.63, 3.8) is 0 Å². The van der Waals surface area contributed by atoms with Crippen molar-refractivity contribution in [2.75, 3.05) is 13.7 Å². The van der Waals surface area contributed by atoms with Crippen LogP contribution in [-0.2, 0) is 11.3 Å². The van der Waals surface area contributed by atoms with Crippen LogP contribution in [0.3, 0.4) is 0 Å². The number of hydrogen-bond acceptors (Lipinski definition) is 5. The highest BCUT2D eigenvalue weighted by molar-refractivity contribution is 5.88. The topological polar surface area (TPSA) is 71.5 Å². The van der Waals surface area contributed by atoms with E-state index < -0.39 is 0 Å². The van der Waals surface area contributed by atoms with Crippen molar-refractivity contribution in [3.05, 3.63) is 29.6 Å². The second kappa shape index (κ2) is 7.21. The Kier molecular flexibility index (Phi) is 5.92. The van der Waals surface area contributed by atoms with Crippen molar-refractivity contribution >= 4 is 5.97 Å². The summed E-state index contributed by atoms with van der Waals surface area (Å²) in [4.78, 5) is 15.5. The van der Waals surface area contributed by atoms with Crippen molar-refractivity contribution < 1.29 is 14.6 Å². The summed E-state index contributed by atoms with van der Waals surface area (Å²) in [6.07, 6.45) is 3.20. The number of carbonyl (C=O) groups excluding carboxylic acids is 1. The van der Waals surface area contributed by atoms with Crippen LogP contribution in [0.15, 0.2) is 18.3 Å². The minimum Gasteiger partial charge on any atom is -0.465 e. The molecule has 1 aromatic heterocycles. The molecule has 0 amide bonds. The Morgan fingerprint density at radius 2 is 2.11 bits per heavy atom. The third-order valence-corrected chi connectivity index (χ3v) is 3.55. The Labute approximate surface area is 114 Å². The van der Waals surface area contributed by atoms with Gasteiger partial charge in [0.05, 0.1) is 25.0 Å². The Morgan fingerprint density at radius 3 is 2.53 bits per heavy atom. The number of ether oxygens (including phenoxy) is 1. The molecule has 0 aliphatic carbocycles. The van der Waals surface area contributed by atoms with Crippen LogP contribution in [0.4, 0.5) is 0 Å². The van der Waals surface area contributed by atoms with Crippen LogP contribution < -0.4 is 5.32 Å². The van der Waals surface area contributed by atoms with E-state index in [2.05, 4.69) is 15.0 Å². The van der Waals surface area contributed by atoms with Crippen molar-refractivity contribution in [1.82, 2.24) is 10.3 Å². The summed E-state index contributed by atoms with van der Waals surface area (Å²) in [7, 11) is 1.34. The van der Waals surface area contributed by atoms with Gasteiger partial charge in [-0.2, -0.15) is 0 Å². The average Bonchev–Trinajstić information content (AvgIpc) is 2.49. The van der Waals surface area contributed by atoms with Gasteiger partial charge < -0.3 is 15.2 Å². The summed E-state index contributed by atoms with van der Waals surface area (Å²) in [5.74, 6) is -0.390. The monoisotopic (exact) mass is 266 g/mol. The fourth-order valence-electron chi connectivity index (χ4n) is 1.83. The van der Waals surface area contributed by atoms with E-state index >= 15 is 0 Å². The third kappa shape index (κ3) is 4.01. The number of hydrogen-bond donors (Lipinski definition) is 2. The van der Waals surface area contributed by atoms with Crippen molar-refractivity contribution in [2.45, 2.75) is 38.8 Å². The van der Waals surface area contributed by atoms with E-state index in [1.165, 1.54) is 13.3 Å². The van der Waals surface area contributed by atoms with Gasteiger partial charge in [0.1, 0.15) is 0 Å². The number of aliphatic hydroxyl groups is 1. The van der Waals surface area contributed by atoms with Gasteiger partial charge in [-0.1, -0.05) is 13.8 Å². The second-order valence-corrected chi connectivity index (χ2v) is 4.53. The number of aromatic nitrogens is 1. The van der Waals surface area contributed by atoms with E-state index in [9.17, 15) is 9.90 Å². The first-order valence-corrected chi connectivity index (χ1v) is 6.50. The molecule has 0 atom stereocenters. The van der Waals surface area contributed by atoms with Gasteiger partial charge in [-0.3, -0.25) is 4.98 Å². The van der Waals surface area contributed by atoms with Gasteiger partial charge in [-0.15, -0.1) is 0 Å². The Morgan fingerprint density at radius 1 is 1.42 bits per heavy atom. The molecule has 0 aromatic carbocycles. The minimum absolute atomic E-state index is 0.0975. The Hall–Kier alpha value is -1.46. The normalized spacial score (nSPS) is 11.4. The van der Waals surface area contributed by atoms with E-state index in [0.717, 1.165) is 18.5 Å². The molecule has 1 heterocycles. The number of pyridine rings is 1. The summed E-state index contributed by atoms with van der Waals surface area (Å²) < 4.78 is 4.61. The predicted molar refractivity (Wildman–Crippen MR) is 72.8 cm³/mol. The molecule has 0 unspecified atom stereocenters. The summed E-state index contributed by atoms with van der Waals surface area (Å²) >= 11 is 0. The maximum atomic E-state index is 11.3. The van der Waals surface area contributed by atoms with Crippen molar-refractivity contribution in [3.8, 4) is 0 Å². The van der Waals surface area contributed by atoms with Gasteiger partial charge in [0.15, 0.2) is 0 Å². The summed E-state index contributed by atoms with van der Waals surface area (Å²) in [6.45, 7) is 4.74. The van der Waals surface area contributed by atoms with Gasteiger partial charge in [0.25, 0.3) is 0 Å². The minimum atomic E-state index is -0.390. The quantitative estimate of drug-likeness (QED) is 0.732. The van der Waals surface area contributed by atoms with Crippen LogP contribution in [0.5, 0.6) is 0 Å². The molecule has 1 rings (SSSR count). The molecule has 0 bridgehead atoms. The van der Waals surface area contributed by atoms with Crippen molar-refractivity contribution in [1.29, 1.82) is 0 Å².